The fourth-order valence-corrected chi connectivity index (χ4v) is 1.41. The van der Waals surface area contributed by atoms with Crippen LogP contribution < -0.4 is 5.32 Å². The normalized spacial score (nSPS) is 12.3. The molecule has 2 aromatic heterocycles. The highest BCUT2D eigenvalue weighted by molar-refractivity contribution is 5.93. The summed E-state index contributed by atoms with van der Waals surface area (Å²) in [7, 11) is 0. The molecule has 0 radical (unpaired) electrons. The van der Waals surface area contributed by atoms with Gasteiger partial charge in [-0.05, 0) is 12.1 Å². The Hall–Kier alpha value is -2.41. The van der Waals surface area contributed by atoms with Crippen molar-refractivity contribution in [1.82, 2.24) is 14.7 Å². The van der Waals surface area contributed by atoms with Crippen LogP contribution in [0.5, 0.6) is 0 Å². The molecule has 1 atom stereocenters. The highest BCUT2D eigenvalue weighted by atomic mass is 16.4. The van der Waals surface area contributed by atoms with Gasteiger partial charge in [0.25, 0.3) is 5.91 Å². The van der Waals surface area contributed by atoms with E-state index in [4.69, 9.17) is 10.2 Å². The van der Waals surface area contributed by atoms with Crippen LogP contribution in [0.2, 0.25) is 0 Å². The van der Waals surface area contributed by atoms with Crippen LogP contribution in [0.1, 0.15) is 10.5 Å². The fourth-order valence-electron chi connectivity index (χ4n) is 1.41. The SMILES string of the molecule is O=C(NCC(O)C(=O)O)c1cn2ccccc2n1. The minimum absolute atomic E-state index is 0.166. The molecule has 0 aliphatic carbocycles. The minimum atomic E-state index is -1.62. The van der Waals surface area contributed by atoms with Gasteiger partial charge in [0.1, 0.15) is 11.3 Å². The Balaban J connectivity index is 2.07. The molecular weight excluding hydrogens is 238 g/mol. The lowest BCUT2D eigenvalue weighted by Crippen LogP contribution is -2.36. The van der Waals surface area contributed by atoms with E-state index in [2.05, 4.69) is 10.3 Å². The third-order valence-electron chi connectivity index (χ3n) is 2.34. The van der Waals surface area contributed by atoms with Gasteiger partial charge in [0.15, 0.2) is 6.10 Å². The number of carbonyl (C=O) groups excluding carboxylic acids is 1. The second-order valence-electron chi connectivity index (χ2n) is 3.66. The lowest BCUT2D eigenvalue weighted by molar-refractivity contribution is -0.146. The summed E-state index contributed by atoms with van der Waals surface area (Å²) in [5.74, 6) is -1.91. The molecule has 7 heteroatoms. The van der Waals surface area contributed by atoms with Crippen molar-refractivity contribution in [3.05, 3.63) is 36.3 Å². The highest BCUT2D eigenvalue weighted by Gasteiger charge is 2.16. The summed E-state index contributed by atoms with van der Waals surface area (Å²) in [6.45, 7) is -0.359. The molecule has 3 N–H and O–H groups in total. The molecule has 2 aromatic rings. The second-order valence-corrected chi connectivity index (χ2v) is 3.66. The molecule has 94 valence electrons. The molecule has 0 bridgehead atoms. The molecule has 1 amide bonds. The van der Waals surface area contributed by atoms with Crippen molar-refractivity contribution in [2.45, 2.75) is 6.10 Å². The largest absolute Gasteiger partial charge is 0.479 e. The zero-order valence-electron chi connectivity index (χ0n) is 9.28. The smallest absolute Gasteiger partial charge is 0.334 e. The molecule has 18 heavy (non-hydrogen) atoms. The number of aromatic nitrogens is 2. The minimum Gasteiger partial charge on any atom is -0.479 e. The topological polar surface area (TPSA) is 104 Å². The van der Waals surface area contributed by atoms with Gasteiger partial charge >= 0.3 is 5.97 Å². The number of aliphatic hydroxyl groups excluding tert-OH is 1. The van der Waals surface area contributed by atoms with Crippen LogP contribution in [-0.4, -0.2) is 44.1 Å². The maximum atomic E-state index is 11.7. The van der Waals surface area contributed by atoms with Crippen molar-refractivity contribution < 1.29 is 19.8 Å². The standard InChI is InChI=1S/C11H11N3O4/c15-8(11(17)18)5-12-10(16)7-6-14-4-2-1-3-9(14)13-7/h1-4,6,8,15H,5H2,(H,12,16)(H,17,18). The fraction of sp³-hybridized carbons (Fsp3) is 0.182. The highest BCUT2D eigenvalue weighted by Crippen LogP contribution is 2.04. The van der Waals surface area contributed by atoms with E-state index in [0.717, 1.165) is 0 Å². The van der Waals surface area contributed by atoms with Crippen LogP contribution in [-0.2, 0) is 4.79 Å². The van der Waals surface area contributed by atoms with Crippen molar-refractivity contribution in [2.24, 2.45) is 0 Å². The van der Waals surface area contributed by atoms with Crippen molar-refractivity contribution in [3.8, 4) is 0 Å². The number of fused-ring (bicyclic) bond motifs is 1. The average Bonchev–Trinajstić information content (AvgIpc) is 2.79. The molecule has 0 aliphatic heterocycles. The Morgan fingerprint density at radius 2 is 2.22 bits per heavy atom. The van der Waals surface area contributed by atoms with Gasteiger partial charge in [0, 0.05) is 12.4 Å². The quantitative estimate of drug-likeness (QED) is 0.678. The van der Waals surface area contributed by atoms with E-state index < -0.39 is 18.0 Å². The van der Waals surface area contributed by atoms with E-state index in [1.165, 1.54) is 6.20 Å². The first-order valence-corrected chi connectivity index (χ1v) is 5.21. The predicted molar refractivity (Wildman–Crippen MR) is 61.2 cm³/mol. The number of hydrogen-bond acceptors (Lipinski definition) is 4. The number of carboxylic acid groups (broad SMARTS) is 1. The van der Waals surface area contributed by atoms with Gasteiger partial charge in [0.2, 0.25) is 0 Å². The van der Waals surface area contributed by atoms with Crippen LogP contribution in [0.15, 0.2) is 30.6 Å². The summed E-state index contributed by atoms with van der Waals surface area (Å²) < 4.78 is 1.67. The van der Waals surface area contributed by atoms with Crippen molar-refractivity contribution in [1.29, 1.82) is 0 Å². The molecule has 2 heterocycles. The first-order valence-electron chi connectivity index (χ1n) is 5.21. The van der Waals surface area contributed by atoms with Crippen molar-refractivity contribution in [3.63, 3.8) is 0 Å². The van der Waals surface area contributed by atoms with Gasteiger partial charge in [-0.3, -0.25) is 4.79 Å². The zero-order valence-corrected chi connectivity index (χ0v) is 9.28. The number of nitrogens with one attached hydrogen (secondary N) is 1. The second kappa shape index (κ2) is 4.84. The lowest BCUT2D eigenvalue weighted by Gasteiger charge is -2.05. The number of aliphatic hydroxyl groups is 1. The number of carbonyl (C=O) groups is 2. The Morgan fingerprint density at radius 3 is 2.89 bits per heavy atom. The molecule has 0 saturated heterocycles. The third-order valence-corrected chi connectivity index (χ3v) is 2.34. The van der Waals surface area contributed by atoms with Crippen LogP contribution in [0.4, 0.5) is 0 Å². The van der Waals surface area contributed by atoms with Crippen LogP contribution in [0, 0.1) is 0 Å². The summed E-state index contributed by atoms with van der Waals surface area (Å²) in [5, 5.41) is 19.8. The lowest BCUT2D eigenvalue weighted by atomic mass is 10.3. The number of rotatable bonds is 4. The molecule has 0 aliphatic rings. The van der Waals surface area contributed by atoms with Gasteiger partial charge in [-0.2, -0.15) is 0 Å². The van der Waals surface area contributed by atoms with Gasteiger partial charge in [0.05, 0.1) is 6.54 Å². The van der Waals surface area contributed by atoms with E-state index in [9.17, 15) is 9.59 Å². The zero-order chi connectivity index (χ0) is 13.1. The summed E-state index contributed by atoms with van der Waals surface area (Å²) in [4.78, 5) is 26.1. The Morgan fingerprint density at radius 1 is 1.44 bits per heavy atom. The molecule has 0 spiro atoms. The maximum absolute atomic E-state index is 11.7. The third kappa shape index (κ3) is 2.46. The summed E-state index contributed by atoms with van der Waals surface area (Å²) in [6, 6.07) is 5.33. The Bertz CT molecular complexity index is 560. The van der Waals surface area contributed by atoms with E-state index in [0.29, 0.717) is 5.65 Å². The summed E-state index contributed by atoms with van der Waals surface area (Å²) in [5.41, 5.74) is 0.778. The van der Waals surface area contributed by atoms with Gasteiger partial charge < -0.3 is 19.9 Å². The molecule has 0 saturated carbocycles. The Kier molecular flexibility index (Phi) is 3.24. The van der Waals surface area contributed by atoms with Crippen molar-refractivity contribution in [2.75, 3.05) is 6.54 Å². The van der Waals surface area contributed by atoms with Crippen LogP contribution in [0.25, 0.3) is 5.65 Å². The van der Waals surface area contributed by atoms with E-state index >= 15 is 0 Å². The Labute approximate surface area is 102 Å². The predicted octanol–water partition coefficient (Wildman–Crippen LogP) is -0.490. The number of imidazole rings is 1. The molecule has 1 unspecified atom stereocenters. The summed E-state index contributed by atoms with van der Waals surface area (Å²) in [6.07, 6.45) is 1.65. The molecule has 7 nitrogen and oxygen atoms in total. The maximum Gasteiger partial charge on any atom is 0.334 e. The van der Waals surface area contributed by atoms with Crippen molar-refractivity contribution >= 4 is 17.5 Å². The number of amides is 1. The van der Waals surface area contributed by atoms with E-state index in [1.54, 1.807) is 28.8 Å². The molecule has 0 fully saturated rings. The van der Waals surface area contributed by atoms with Gasteiger partial charge in [-0.25, -0.2) is 9.78 Å². The number of hydrogen-bond donors (Lipinski definition) is 3. The monoisotopic (exact) mass is 249 g/mol. The van der Waals surface area contributed by atoms with E-state index in [1.807, 2.05) is 0 Å². The van der Waals surface area contributed by atoms with E-state index in [-0.39, 0.29) is 12.2 Å². The molecule has 2 rings (SSSR count). The number of aliphatic carboxylic acids is 1. The van der Waals surface area contributed by atoms with Crippen LogP contribution in [0.3, 0.4) is 0 Å². The van der Waals surface area contributed by atoms with Gasteiger partial charge in [-0.1, -0.05) is 6.07 Å². The van der Waals surface area contributed by atoms with Crippen LogP contribution >= 0.6 is 0 Å². The molecule has 0 aromatic carbocycles. The molecular formula is C11H11N3O4. The number of nitrogens with zero attached hydrogens (tertiary/aromatic N) is 2. The van der Waals surface area contributed by atoms with Gasteiger partial charge in [-0.15, -0.1) is 0 Å². The number of carboxylic acids is 1. The first kappa shape index (κ1) is 12.1. The average molecular weight is 249 g/mol. The first-order chi connectivity index (χ1) is 8.58. The number of pyridine rings is 1. The summed E-state index contributed by atoms with van der Waals surface area (Å²) >= 11 is 0.